The van der Waals surface area contributed by atoms with E-state index in [1.165, 1.54) is 25.1 Å². The van der Waals surface area contributed by atoms with E-state index in [1.807, 2.05) is 6.07 Å². The van der Waals surface area contributed by atoms with Crippen molar-refractivity contribution in [3.05, 3.63) is 60.2 Å². The predicted octanol–water partition coefficient (Wildman–Crippen LogP) is 1.39. The number of nitrogens with two attached hydrogens (primary N) is 1. The highest BCUT2D eigenvalue weighted by Crippen LogP contribution is 2.14. The molecule has 3 N–H and O–H groups in total. The van der Waals surface area contributed by atoms with Crippen LogP contribution in [0.1, 0.15) is 23.7 Å². The van der Waals surface area contributed by atoms with Gasteiger partial charge < -0.3 is 15.8 Å². The standard InChI is InChI=1S/C19H20N2O5S/c1-13(22)26-15-7-5-6-14(12-15)19(24)21-17(18(20)23)10-11-27(25)16-8-3-2-4-9-16/h2-9,12,17H,10-11H2,1H3,(H2,20,23)(H,21,24)/t17-,27+/m1/s1. The van der Waals surface area contributed by atoms with Crippen molar-refractivity contribution in [2.75, 3.05) is 5.75 Å². The Balaban J connectivity index is 2.01. The Bertz CT molecular complexity index is 854. The third-order valence-electron chi connectivity index (χ3n) is 3.60. The van der Waals surface area contributed by atoms with E-state index in [9.17, 15) is 18.6 Å². The van der Waals surface area contributed by atoms with Crippen LogP contribution in [0.15, 0.2) is 59.5 Å². The van der Waals surface area contributed by atoms with Crippen LogP contribution in [0.3, 0.4) is 0 Å². The normalized spacial score (nSPS) is 12.6. The third-order valence-corrected chi connectivity index (χ3v) is 5.01. The van der Waals surface area contributed by atoms with E-state index in [4.69, 9.17) is 10.5 Å². The van der Waals surface area contributed by atoms with Gasteiger partial charge in [-0.2, -0.15) is 0 Å². The molecule has 0 heterocycles. The van der Waals surface area contributed by atoms with Gasteiger partial charge in [-0.15, -0.1) is 0 Å². The van der Waals surface area contributed by atoms with Crippen molar-refractivity contribution in [1.82, 2.24) is 5.32 Å². The van der Waals surface area contributed by atoms with Crippen molar-refractivity contribution >= 4 is 28.6 Å². The Morgan fingerprint density at radius 2 is 1.81 bits per heavy atom. The average molecular weight is 388 g/mol. The smallest absolute Gasteiger partial charge is 0.308 e. The molecule has 0 aromatic heterocycles. The van der Waals surface area contributed by atoms with Crippen LogP contribution in [0.2, 0.25) is 0 Å². The summed E-state index contributed by atoms with van der Waals surface area (Å²) in [6, 6.07) is 13.8. The molecule has 0 saturated heterocycles. The van der Waals surface area contributed by atoms with Gasteiger partial charge in [0.25, 0.3) is 5.91 Å². The lowest BCUT2D eigenvalue weighted by atomic mass is 10.1. The summed E-state index contributed by atoms with van der Waals surface area (Å²) in [6.07, 6.45) is 0.131. The molecule has 27 heavy (non-hydrogen) atoms. The molecule has 0 fully saturated rings. The van der Waals surface area contributed by atoms with Gasteiger partial charge in [0, 0.05) is 23.1 Å². The molecular formula is C19H20N2O5S. The van der Waals surface area contributed by atoms with Crippen molar-refractivity contribution in [1.29, 1.82) is 0 Å². The molecule has 2 aromatic rings. The van der Waals surface area contributed by atoms with Crippen LogP contribution in [0.25, 0.3) is 0 Å². The molecule has 2 rings (SSSR count). The third kappa shape index (κ3) is 6.34. The quantitative estimate of drug-likeness (QED) is 0.524. The molecule has 0 aliphatic carbocycles. The lowest BCUT2D eigenvalue weighted by Gasteiger charge is -2.15. The molecule has 0 aliphatic heterocycles. The van der Waals surface area contributed by atoms with E-state index in [0.29, 0.717) is 4.90 Å². The predicted molar refractivity (Wildman–Crippen MR) is 101 cm³/mol. The highest BCUT2D eigenvalue weighted by molar-refractivity contribution is 7.85. The first-order valence-electron chi connectivity index (χ1n) is 8.19. The van der Waals surface area contributed by atoms with Crippen molar-refractivity contribution in [2.24, 2.45) is 5.73 Å². The number of carbonyl (C=O) groups is 3. The number of nitrogens with one attached hydrogen (secondary N) is 1. The Hall–Kier alpha value is -3.00. The van der Waals surface area contributed by atoms with E-state index in [0.717, 1.165) is 0 Å². The number of benzene rings is 2. The van der Waals surface area contributed by atoms with Crippen LogP contribution in [-0.4, -0.2) is 33.8 Å². The molecular weight excluding hydrogens is 368 g/mol. The molecule has 2 atom stereocenters. The molecule has 0 saturated carbocycles. The van der Waals surface area contributed by atoms with Gasteiger partial charge in [0.2, 0.25) is 5.91 Å². The second kappa shape index (κ2) is 9.63. The van der Waals surface area contributed by atoms with Gasteiger partial charge in [-0.25, -0.2) is 0 Å². The zero-order valence-electron chi connectivity index (χ0n) is 14.7. The van der Waals surface area contributed by atoms with E-state index >= 15 is 0 Å². The lowest BCUT2D eigenvalue weighted by molar-refractivity contribution is -0.131. The largest absolute Gasteiger partial charge is 0.427 e. The van der Waals surface area contributed by atoms with Crippen LogP contribution >= 0.6 is 0 Å². The van der Waals surface area contributed by atoms with Crippen LogP contribution in [0.4, 0.5) is 0 Å². The fourth-order valence-electron chi connectivity index (χ4n) is 2.31. The van der Waals surface area contributed by atoms with Crippen molar-refractivity contribution in [3.8, 4) is 5.75 Å². The zero-order chi connectivity index (χ0) is 19.8. The van der Waals surface area contributed by atoms with Crippen LogP contribution in [-0.2, 0) is 20.4 Å². The topological polar surface area (TPSA) is 116 Å². The second-order valence-electron chi connectivity index (χ2n) is 5.70. The SMILES string of the molecule is CC(=O)Oc1cccc(C(=O)N[C@H](CC[S@](=O)c2ccccc2)C(N)=O)c1. The first-order valence-corrected chi connectivity index (χ1v) is 9.51. The van der Waals surface area contributed by atoms with Gasteiger partial charge in [-0.1, -0.05) is 24.3 Å². The number of hydrogen-bond acceptors (Lipinski definition) is 5. The fourth-order valence-corrected chi connectivity index (χ4v) is 3.46. The Morgan fingerprint density at radius 1 is 1.11 bits per heavy atom. The maximum Gasteiger partial charge on any atom is 0.308 e. The van der Waals surface area contributed by atoms with Crippen LogP contribution in [0.5, 0.6) is 5.75 Å². The molecule has 7 nitrogen and oxygen atoms in total. The Morgan fingerprint density at radius 3 is 2.44 bits per heavy atom. The summed E-state index contributed by atoms with van der Waals surface area (Å²) in [5.41, 5.74) is 5.57. The highest BCUT2D eigenvalue weighted by atomic mass is 32.2. The van der Waals surface area contributed by atoms with Gasteiger partial charge in [-0.05, 0) is 36.8 Å². The second-order valence-corrected chi connectivity index (χ2v) is 7.27. The Kier molecular flexibility index (Phi) is 7.25. The molecule has 2 aromatic carbocycles. The maximum absolute atomic E-state index is 12.4. The van der Waals surface area contributed by atoms with Crippen molar-refractivity contribution in [2.45, 2.75) is 24.3 Å². The lowest BCUT2D eigenvalue weighted by Crippen LogP contribution is -2.45. The molecule has 8 heteroatoms. The minimum atomic E-state index is -1.31. The number of esters is 1. The fraction of sp³-hybridized carbons (Fsp3) is 0.211. The molecule has 2 amide bonds. The first-order chi connectivity index (χ1) is 12.9. The van der Waals surface area contributed by atoms with Crippen molar-refractivity contribution in [3.63, 3.8) is 0 Å². The van der Waals surface area contributed by atoms with Gasteiger partial charge in [-0.3, -0.25) is 18.6 Å². The number of amides is 2. The Labute approximate surface area is 159 Å². The minimum absolute atomic E-state index is 0.131. The highest BCUT2D eigenvalue weighted by Gasteiger charge is 2.20. The summed E-state index contributed by atoms with van der Waals surface area (Å²) >= 11 is 0. The van der Waals surface area contributed by atoms with E-state index in [2.05, 4.69) is 5.32 Å². The molecule has 0 unspecified atom stereocenters. The molecule has 0 spiro atoms. The summed E-state index contributed by atoms with van der Waals surface area (Å²) in [4.78, 5) is 35.7. The van der Waals surface area contributed by atoms with Gasteiger partial charge >= 0.3 is 5.97 Å². The monoisotopic (exact) mass is 388 g/mol. The summed E-state index contributed by atoms with van der Waals surface area (Å²) in [6.45, 7) is 1.25. The van der Waals surface area contributed by atoms with Gasteiger partial charge in [0.05, 0.1) is 10.8 Å². The maximum atomic E-state index is 12.4. The first kappa shape index (κ1) is 20.3. The minimum Gasteiger partial charge on any atom is -0.427 e. The number of hydrogen-bond donors (Lipinski definition) is 2. The van der Waals surface area contributed by atoms with Gasteiger partial charge in [0.1, 0.15) is 11.8 Å². The van der Waals surface area contributed by atoms with Gasteiger partial charge in [0.15, 0.2) is 0 Å². The van der Waals surface area contributed by atoms with E-state index in [-0.39, 0.29) is 23.5 Å². The molecule has 0 bridgehead atoms. The summed E-state index contributed by atoms with van der Waals surface area (Å²) in [5.74, 6) is -1.38. The molecule has 0 aliphatic rings. The number of carbonyl (C=O) groups excluding carboxylic acids is 3. The van der Waals surface area contributed by atoms with Crippen LogP contribution < -0.4 is 15.8 Å². The van der Waals surface area contributed by atoms with E-state index < -0.39 is 34.6 Å². The number of primary amides is 1. The average Bonchev–Trinajstić information content (AvgIpc) is 2.64. The summed E-state index contributed by atoms with van der Waals surface area (Å²) in [5, 5.41) is 2.53. The zero-order valence-corrected chi connectivity index (χ0v) is 15.5. The molecule has 142 valence electrons. The number of ether oxygens (including phenoxy) is 1. The summed E-state index contributed by atoms with van der Waals surface area (Å²) in [7, 11) is -1.31. The van der Waals surface area contributed by atoms with E-state index in [1.54, 1.807) is 30.3 Å². The van der Waals surface area contributed by atoms with Crippen molar-refractivity contribution < 1.29 is 23.3 Å². The summed E-state index contributed by atoms with van der Waals surface area (Å²) < 4.78 is 17.2. The molecule has 0 radical (unpaired) electrons. The van der Waals surface area contributed by atoms with Crippen LogP contribution in [0, 0.1) is 0 Å². The number of rotatable bonds is 8.